The number of carboxylic acid groups (broad SMARTS) is 1. The Balaban J connectivity index is 0.000000422. The van der Waals surface area contributed by atoms with E-state index in [1.54, 1.807) is 18.2 Å². The number of likely N-dealkylation sites (tertiary alicyclic amines) is 1. The Bertz CT molecular complexity index is 988. The van der Waals surface area contributed by atoms with Gasteiger partial charge in [0.15, 0.2) is 6.10 Å². The zero-order chi connectivity index (χ0) is 25.8. The van der Waals surface area contributed by atoms with Crippen LogP contribution in [0, 0.1) is 5.92 Å². The Morgan fingerprint density at radius 3 is 2.69 bits per heavy atom. The fraction of sp³-hybridized carbons (Fsp3) is 0.435. The van der Waals surface area contributed by atoms with Gasteiger partial charge in [-0.1, -0.05) is 54.4 Å². The van der Waals surface area contributed by atoms with Gasteiger partial charge in [0.1, 0.15) is 5.02 Å². The molecule has 5 N–H and O–H groups in total. The van der Waals surface area contributed by atoms with E-state index in [-0.39, 0.29) is 56.1 Å². The Kier molecular flexibility index (Phi) is 15.4. The summed E-state index contributed by atoms with van der Waals surface area (Å²) < 4.78 is 5.57. The number of ether oxygens (including phenoxy) is 1. The van der Waals surface area contributed by atoms with Crippen LogP contribution in [-0.2, 0) is 48.8 Å². The molecule has 1 fully saturated rings. The first kappa shape index (κ1) is 32.5. The molecule has 1 radical (unpaired) electrons. The molecule has 0 saturated carbocycles. The van der Waals surface area contributed by atoms with E-state index in [9.17, 15) is 9.59 Å². The number of nitrogens with one attached hydrogen (secondary N) is 3. The van der Waals surface area contributed by atoms with Gasteiger partial charge in [0.25, 0.3) is 5.91 Å². The first-order chi connectivity index (χ1) is 16.7. The van der Waals surface area contributed by atoms with E-state index in [2.05, 4.69) is 15.8 Å². The van der Waals surface area contributed by atoms with E-state index in [1.165, 1.54) is 12.3 Å². The Labute approximate surface area is 245 Å². The van der Waals surface area contributed by atoms with Crippen LogP contribution in [0.25, 0.3) is 5.73 Å². The molecule has 0 aliphatic carbocycles. The molecule has 10 nitrogen and oxygen atoms in total. The summed E-state index contributed by atoms with van der Waals surface area (Å²) >= 11 is 11.8. The number of hydrogen-bond acceptors (Lipinski definition) is 7. The van der Waals surface area contributed by atoms with Gasteiger partial charge in [0.2, 0.25) is 5.88 Å². The van der Waals surface area contributed by atoms with Crippen LogP contribution in [0.1, 0.15) is 25.3 Å². The molecule has 1 aliphatic heterocycles. The van der Waals surface area contributed by atoms with Gasteiger partial charge in [0, 0.05) is 58.5 Å². The average Bonchev–Trinajstić information content (AvgIpc) is 3.24. The molecular weight excluding hydrogens is 586 g/mol. The van der Waals surface area contributed by atoms with Crippen molar-refractivity contribution in [3.63, 3.8) is 0 Å². The van der Waals surface area contributed by atoms with E-state index < -0.39 is 12.1 Å². The maximum absolute atomic E-state index is 12.2. The SMILES string of the molecule is CCC(Oc1ncc(Cl)cc1Cl)C(=O)NCc1cccc([NH-])c1.O=C(O)CN1CCC(CNO)C1.[Y]. The van der Waals surface area contributed by atoms with Crippen LogP contribution >= 0.6 is 23.2 Å². The van der Waals surface area contributed by atoms with Gasteiger partial charge in [-0.05, 0) is 36.9 Å². The fourth-order valence-electron chi connectivity index (χ4n) is 3.47. The number of aliphatic carboxylic acids is 1. The van der Waals surface area contributed by atoms with E-state index in [1.807, 2.05) is 17.9 Å². The number of carboxylic acids is 1. The number of benzene rings is 1. The van der Waals surface area contributed by atoms with Gasteiger partial charge >= 0.3 is 5.97 Å². The second-order valence-corrected chi connectivity index (χ2v) is 8.86. The zero-order valence-corrected chi connectivity index (χ0v) is 24.3. The molecule has 1 saturated heterocycles. The Morgan fingerprint density at radius 1 is 1.33 bits per heavy atom. The van der Waals surface area contributed by atoms with Gasteiger partial charge < -0.3 is 26.1 Å². The van der Waals surface area contributed by atoms with Crippen LogP contribution in [0.3, 0.4) is 0 Å². The minimum Gasteiger partial charge on any atom is -0.699 e. The maximum Gasteiger partial charge on any atom is 0.317 e. The predicted octanol–water partition coefficient (Wildman–Crippen LogP) is 3.92. The average molecular weight is 616 g/mol. The van der Waals surface area contributed by atoms with Crippen molar-refractivity contribution in [1.29, 1.82) is 0 Å². The third-order valence-electron chi connectivity index (χ3n) is 5.19. The van der Waals surface area contributed by atoms with E-state index in [0.29, 0.717) is 36.1 Å². The number of carbonyl (C=O) groups is 2. The van der Waals surface area contributed by atoms with Crippen molar-refractivity contribution >= 4 is 40.8 Å². The normalized spacial score (nSPS) is 15.7. The van der Waals surface area contributed by atoms with E-state index in [0.717, 1.165) is 25.1 Å². The number of amides is 1. The molecule has 1 amide bonds. The summed E-state index contributed by atoms with van der Waals surface area (Å²) in [6, 6.07) is 8.50. The largest absolute Gasteiger partial charge is 0.699 e. The van der Waals surface area contributed by atoms with Gasteiger partial charge in [-0.15, -0.1) is 5.69 Å². The van der Waals surface area contributed by atoms with Crippen molar-refractivity contribution in [2.45, 2.75) is 32.4 Å². The molecule has 1 aromatic carbocycles. The van der Waals surface area contributed by atoms with Crippen molar-refractivity contribution in [1.82, 2.24) is 20.7 Å². The smallest absolute Gasteiger partial charge is 0.317 e. The van der Waals surface area contributed by atoms with Crippen LogP contribution in [-0.4, -0.2) is 64.4 Å². The summed E-state index contributed by atoms with van der Waals surface area (Å²) in [4.78, 5) is 28.4. The number of pyridine rings is 1. The maximum atomic E-state index is 12.2. The summed E-state index contributed by atoms with van der Waals surface area (Å²) in [5.74, 6) is -0.496. The van der Waals surface area contributed by atoms with Gasteiger partial charge in [-0.2, -0.15) is 0 Å². The molecule has 13 heteroatoms. The molecule has 1 aliphatic rings. The van der Waals surface area contributed by atoms with Gasteiger partial charge in [-0.3, -0.25) is 14.5 Å². The second kappa shape index (κ2) is 17.1. The van der Waals surface area contributed by atoms with Crippen LogP contribution in [0.4, 0.5) is 5.69 Å². The van der Waals surface area contributed by atoms with Crippen molar-refractivity contribution in [2.75, 3.05) is 26.2 Å². The number of rotatable bonds is 10. The molecule has 36 heavy (non-hydrogen) atoms. The summed E-state index contributed by atoms with van der Waals surface area (Å²) in [6.45, 7) is 4.41. The molecule has 2 atom stereocenters. The third-order valence-corrected chi connectivity index (χ3v) is 5.67. The fourth-order valence-corrected chi connectivity index (χ4v) is 3.90. The Morgan fingerprint density at radius 2 is 2.08 bits per heavy atom. The van der Waals surface area contributed by atoms with Crippen molar-refractivity contribution in [3.05, 3.63) is 57.9 Å². The topological polar surface area (TPSA) is 148 Å². The molecule has 0 spiro atoms. The quantitative estimate of drug-likeness (QED) is 0.294. The second-order valence-electron chi connectivity index (χ2n) is 8.02. The van der Waals surface area contributed by atoms with Crippen LogP contribution < -0.4 is 15.5 Å². The molecule has 2 aromatic rings. The van der Waals surface area contributed by atoms with Crippen LogP contribution in [0.5, 0.6) is 5.88 Å². The summed E-state index contributed by atoms with van der Waals surface area (Å²) in [5.41, 5.74) is 10.9. The number of carbonyl (C=O) groups excluding carboxylic acids is 1. The van der Waals surface area contributed by atoms with Gasteiger partial charge in [-0.25, -0.2) is 10.5 Å². The summed E-state index contributed by atoms with van der Waals surface area (Å²) in [5, 5.41) is 20.3. The monoisotopic (exact) mass is 615 g/mol. The minimum absolute atomic E-state index is 0. The van der Waals surface area contributed by atoms with E-state index >= 15 is 0 Å². The predicted molar refractivity (Wildman–Crippen MR) is 133 cm³/mol. The number of halogens is 2. The number of nitrogens with zero attached hydrogens (tertiary/aromatic N) is 2. The Hall–Kier alpha value is -1.53. The molecule has 2 unspecified atom stereocenters. The van der Waals surface area contributed by atoms with Crippen molar-refractivity contribution in [2.24, 2.45) is 5.92 Å². The summed E-state index contributed by atoms with van der Waals surface area (Å²) in [7, 11) is 0. The third kappa shape index (κ3) is 11.7. The van der Waals surface area contributed by atoms with Crippen LogP contribution in [0.15, 0.2) is 36.5 Å². The van der Waals surface area contributed by atoms with Crippen molar-refractivity contribution in [3.8, 4) is 5.88 Å². The molecule has 3 rings (SSSR count). The standard InChI is InChI=1S/C16H16Cl2N3O2.C7H14N2O3.Y/c1-2-14(23-16-13(18)7-11(17)9-21-16)15(22)20-8-10-4-3-5-12(19)6-10;10-7(11)5-9-2-1-6(4-9)3-8-12;/h3-7,9,14,19H,2,8H2,1H3,(H,20,22);6,8,12H,1-5H2,(H,10,11);/q-1;;. The van der Waals surface area contributed by atoms with Crippen LogP contribution in [0.2, 0.25) is 10.0 Å². The minimum atomic E-state index is -0.785. The number of aromatic nitrogens is 1. The molecule has 0 bridgehead atoms. The van der Waals surface area contributed by atoms with Gasteiger partial charge in [0.05, 0.1) is 11.6 Å². The number of hydrogen-bond donors (Lipinski definition) is 4. The number of hydroxylamine groups is 1. The molecule has 195 valence electrons. The molecule has 2 heterocycles. The zero-order valence-electron chi connectivity index (χ0n) is 19.9. The molecule has 1 aromatic heterocycles. The first-order valence-electron chi connectivity index (χ1n) is 11.1. The van der Waals surface area contributed by atoms with Crippen molar-refractivity contribution < 1.29 is 57.3 Å². The molecular formula is C23H30Cl2N5O5Y-. The van der Waals surface area contributed by atoms with E-state index in [4.69, 9.17) is 44.0 Å². The summed E-state index contributed by atoms with van der Waals surface area (Å²) in [6.07, 6.45) is 2.12. The first-order valence-corrected chi connectivity index (χ1v) is 11.8.